The van der Waals surface area contributed by atoms with E-state index in [9.17, 15) is 9.59 Å². The molecule has 0 aromatic carbocycles. The van der Waals surface area contributed by atoms with Gasteiger partial charge in [0.25, 0.3) is 0 Å². The molecule has 22 heavy (non-hydrogen) atoms. The molecular weight excluding hydrogens is 302 g/mol. The van der Waals surface area contributed by atoms with E-state index < -0.39 is 5.97 Å². The number of carboxylic acid groups (broad SMARTS) is 1. The van der Waals surface area contributed by atoms with Crippen molar-refractivity contribution in [3.63, 3.8) is 0 Å². The number of amides is 1. The summed E-state index contributed by atoms with van der Waals surface area (Å²) in [5, 5.41) is 17.4. The number of aromatic nitrogens is 2. The number of rotatable bonds is 3. The Labute approximate surface area is 132 Å². The molecule has 7 heteroatoms. The van der Waals surface area contributed by atoms with Gasteiger partial charge in [-0.3, -0.25) is 4.79 Å². The molecule has 2 heterocycles. The molecule has 1 aromatic heterocycles. The highest BCUT2D eigenvalue weighted by molar-refractivity contribution is 7.13. The zero-order valence-electron chi connectivity index (χ0n) is 12.3. The summed E-state index contributed by atoms with van der Waals surface area (Å²) in [5.41, 5.74) is 0. The van der Waals surface area contributed by atoms with Gasteiger partial charge in [-0.25, -0.2) is 4.79 Å². The predicted octanol–water partition coefficient (Wildman–Crippen LogP) is 2.30. The summed E-state index contributed by atoms with van der Waals surface area (Å²) in [7, 11) is 0. The Balaban J connectivity index is 1.66. The fourth-order valence-corrected chi connectivity index (χ4v) is 3.95. The van der Waals surface area contributed by atoms with Crippen LogP contribution in [-0.4, -0.2) is 45.2 Å². The third kappa shape index (κ3) is 3.19. The number of likely N-dealkylation sites (tertiary alicyclic amines) is 1. The average Bonchev–Trinajstić information content (AvgIpc) is 3.05. The third-order valence-corrected chi connectivity index (χ3v) is 5.40. The van der Waals surface area contributed by atoms with Crippen molar-refractivity contribution < 1.29 is 14.7 Å². The summed E-state index contributed by atoms with van der Waals surface area (Å²) in [6.07, 6.45) is 8.84. The van der Waals surface area contributed by atoms with Crippen LogP contribution in [0.3, 0.4) is 0 Å². The van der Waals surface area contributed by atoms with Crippen molar-refractivity contribution in [1.82, 2.24) is 15.1 Å². The number of carbonyl (C=O) groups excluding carboxylic acids is 1. The first-order valence-electron chi connectivity index (χ1n) is 7.65. The summed E-state index contributed by atoms with van der Waals surface area (Å²) in [6.45, 7) is 1.42. The number of aromatic carboxylic acids is 1. The van der Waals surface area contributed by atoms with Crippen molar-refractivity contribution in [2.24, 2.45) is 5.92 Å². The minimum atomic E-state index is -1.04. The maximum atomic E-state index is 12.6. The third-order valence-electron chi connectivity index (χ3n) is 4.32. The first kappa shape index (κ1) is 15.1. The van der Waals surface area contributed by atoms with Gasteiger partial charge in [-0.05, 0) is 32.1 Å². The largest absolute Gasteiger partial charge is 0.476 e. The summed E-state index contributed by atoms with van der Waals surface area (Å²) < 4.78 is 0. The SMILES string of the molecule is O=C(O)c1nnc(C2CCCN(C(=O)C3CC=CCC3)C2)s1. The maximum absolute atomic E-state index is 12.6. The van der Waals surface area contributed by atoms with Gasteiger partial charge in [-0.1, -0.05) is 23.5 Å². The van der Waals surface area contributed by atoms with Crippen LogP contribution in [0.5, 0.6) is 0 Å². The van der Waals surface area contributed by atoms with Gasteiger partial charge in [0.15, 0.2) is 0 Å². The molecule has 1 aliphatic carbocycles. The van der Waals surface area contributed by atoms with Crippen molar-refractivity contribution in [1.29, 1.82) is 0 Å². The van der Waals surface area contributed by atoms with Crippen LogP contribution in [0.4, 0.5) is 0 Å². The van der Waals surface area contributed by atoms with Crippen LogP contribution in [0, 0.1) is 5.92 Å². The molecule has 1 amide bonds. The molecule has 1 fully saturated rings. The standard InChI is InChI=1S/C15H19N3O3S/c19-14(10-5-2-1-3-6-10)18-8-4-7-11(9-18)12-16-17-13(22-12)15(20)21/h1-2,10-11H,3-9H2,(H,20,21). The van der Waals surface area contributed by atoms with Gasteiger partial charge in [0.2, 0.25) is 10.9 Å². The van der Waals surface area contributed by atoms with Gasteiger partial charge in [0, 0.05) is 24.9 Å². The van der Waals surface area contributed by atoms with Gasteiger partial charge in [0.1, 0.15) is 5.01 Å². The summed E-state index contributed by atoms with van der Waals surface area (Å²) in [5.74, 6) is -0.589. The topological polar surface area (TPSA) is 83.4 Å². The highest BCUT2D eigenvalue weighted by Gasteiger charge is 2.31. The van der Waals surface area contributed by atoms with E-state index in [4.69, 9.17) is 5.11 Å². The molecule has 118 valence electrons. The van der Waals surface area contributed by atoms with Gasteiger partial charge in [-0.15, -0.1) is 10.2 Å². The van der Waals surface area contributed by atoms with Crippen LogP contribution in [-0.2, 0) is 4.79 Å². The lowest BCUT2D eigenvalue weighted by Gasteiger charge is -2.34. The first-order chi connectivity index (χ1) is 10.6. The predicted molar refractivity (Wildman–Crippen MR) is 81.9 cm³/mol. The molecule has 2 atom stereocenters. The van der Waals surface area contributed by atoms with Crippen molar-refractivity contribution >= 4 is 23.2 Å². The summed E-state index contributed by atoms with van der Waals surface area (Å²) in [4.78, 5) is 25.5. The quantitative estimate of drug-likeness (QED) is 0.864. The maximum Gasteiger partial charge on any atom is 0.367 e. The Morgan fingerprint density at radius 3 is 2.82 bits per heavy atom. The molecule has 0 bridgehead atoms. The molecule has 1 N–H and O–H groups in total. The van der Waals surface area contributed by atoms with Crippen LogP contribution < -0.4 is 0 Å². The number of nitrogens with zero attached hydrogens (tertiary/aromatic N) is 3. The lowest BCUT2D eigenvalue weighted by molar-refractivity contribution is -0.137. The minimum absolute atomic E-state index is 0.0240. The van der Waals surface area contributed by atoms with E-state index in [1.807, 2.05) is 4.90 Å². The van der Waals surface area contributed by atoms with Gasteiger partial charge >= 0.3 is 5.97 Å². The van der Waals surface area contributed by atoms with E-state index in [2.05, 4.69) is 22.3 Å². The number of hydrogen-bond donors (Lipinski definition) is 1. The molecule has 1 aliphatic heterocycles. The highest BCUT2D eigenvalue weighted by atomic mass is 32.1. The molecule has 3 rings (SSSR count). The number of piperidine rings is 1. The van der Waals surface area contributed by atoms with Crippen LogP contribution in [0.15, 0.2) is 12.2 Å². The monoisotopic (exact) mass is 321 g/mol. The lowest BCUT2D eigenvalue weighted by Crippen LogP contribution is -2.42. The number of hydrogen-bond acceptors (Lipinski definition) is 5. The first-order valence-corrected chi connectivity index (χ1v) is 8.47. The highest BCUT2D eigenvalue weighted by Crippen LogP contribution is 2.31. The van der Waals surface area contributed by atoms with Crippen molar-refractivity contribution in [3.8, 4) is 0 Å². The van der Waals surface area contributed by atoms with E-state index in [0.717, 1.165) is 55.0 Å². The molecule has 0 radical (unpaired) electrons. The van der Waals surface area contributed by atoms with Crippen LogP contribution in [0.25, 0.3) is 0 Å². The number of carboxylic acids is 1. The van der Waals surface area contributed by atoms with Gasteiger partial charge in [0.05, 0.1) is 0 Å². The van der Waals surface area contributed by atoms with Gasteiger partial charge in [-0.2, -0.15) is 0 Å². The molecule has 2 unspecified atom stereocenters. The van der Waals surface area contributed by atoms with Crippen LogP contribution in [0.2, 0.25) is 0 Å². The van der Waals surface area contributed by atoms with Crippen molar-refractivity contribution in [3.05, 3.63) is 22.2 Å². The zero-order chi connectivity index (χ0) is 15.5. The Morgan fingerprint density at radius 2 is 2.14 bits per heavy atom. The number of allylic oxidation sites excluding steroid dienone is 2. The second-order valence-electron chi connectivity index (χ2n) is 5.86. The second-order valence-corrected chi connectivity index (χ2v) is 6.86. The molecule has 1 aromatic rings. The van der Waals surface area contributed by atoms with E-state index in [0.29, 0.717) is 6.54 Å². The second kappa shape index (κ2) is 6.56. The molecular formula is C15H19N3O3S. The van der Waals surface area contributed by atoms with Crippen molar-refractivity contribution in [2.45, 2.75) is 38.0 Å². The summed E-state index contributed by atoms with van der Waals surface area (Å²) in [6, 6.07) is 0. The van der Waals surface area contributed by atoms with E-state index >= 15 is 0 Å². The molecule has 1 saturated heterocycles. The fraction of sp³-hybridized carbons (Fsp3) is 0.600. The minimum Gasteiger partial charge on any atom is -0.476 e. The van der Waals surface area contributed by atoms with E-state index in [-0.39, 0.29) is 22.8 Å². The zero-order valence-corrected chi connectivity index (χ0v) is 13.1. The van der Waals surface area contributed by atoms with E-state index in [1.165, 1.54) is 0 Å². The molecule has 2 aliphatic rings. The Morgan fingerprint density at radius 1 is 1.27 bits per heavy atom. The van der Waals surface area contributed by atoms with Crippen molar-refractivity contribution in [2.75, 3.05) is 13.1 Å². The molecule has 6 nitrogen and oxygen atoms in total. The smallest absolute Gasteiger partial charge is 0.367 e. The average molecular weight is 321 g/mol. The normalized spacial score (nSPS) is 25.2. The van der Waals surface area contributed by atoms with Crippen LogP contribution in [0.1, 0.15) is 52.8 Å². The number of carbonyl (C=O) groups is 2. The Bertz CT molecular complexity index is 599. The van der Waals surface area contributed by atoms with Crippen LogP contribution >= 0.6 is 11.3 Å². The van der Waals surface area contributed by atoms with E-state index in [1.54, 1.807) is 0 Å². The Hall–Kier alpha value is -1.76. The van der Waals surface area contributed by atoms with Gasteiger partial charge < -0.3 is 10.0 Å². The fourth-order valence-electron chi connectivity index (χ4n) is 3.14. The molecule has 0 spiro atoms. The molecule has 0 saturated carbocycles. The lowest BCUT2D eigenvalue weighted by atomic mass is 9.91. The Kier molecular flexibility index (Phi) is 4.52. The summed E-state index contributed by atoms with van der Waals surface area (Å²) >= 11 is 1.13.